The summed E-state index contributed by atoms with van der Waals surface area (Å²) in [5.74, 6) is 4.47. The molecule has 2 heterocycles. The predicted octanol–water partition coefficient (Wildman–Crippen LogP) is 4.71. The highest BCUT2D eigenvalue weighted by Crippen LogP contribution is 2.31. The first-order valence-corrected chi connectivity index (χ1v) is 13.9. The lowest BCUT2D eigenvalue weighted by Crippen LogP contribution is -2.43. The number of hydrogen-bond donors (Lipinski definition) is 1. The molecule has 1 aliphatic heterocycles. The van der Waals surface area contributed by atoms with Gasteiger partial charge in [0.1, 0.15) is 0 Å². The molecule has 1 atom stereocenters. The molecule has 2 aromatic carbocycles. The number of ether oxygens (including phenoxy) is 2. The molecule has 1 unspecified atom stereocenters. The summed E-state index contributed by atoms with van der Waals surface area (Å²) in [7, 11) is 3.20. The molecule has 1 fully saturated rings. The molecule has 1 aliphatic rings. The molecule has 4 rings (SSSR count). The zero-order valence-corrected chi connectivity index (χ0v) is 22.7. The number of hydrogen-bond acceptors (Lipinski definition) is 8. The first-order valence-electron chi connectivity index (χ1n) is 12.7. The standard InChI is InChI=1S/C28H36N4O4S/c1-20-7-9-21(10-8-20)19-37-15-5-13-29-28(33)23-6-4-14-32(17-23)18-26-30-27(31-36-26)22-11-12-24(34-2)25(16-22)35-3/h7-12,16,23H,4-6,13-15,17-19H2,1-3H3,(H,29,33). The lowest BCUT2D eigenvalue weighted by atomic mass is 9.97. The first kappa shape index (κ1) is 27.0. The summed E-state index contributed by atoms with van der Waals surface area (Å²) >= 11 is 1.91. The van der Waals surface area contributed by atoms with Crippen molar-refractivity contribution in [3.8, 4) is 22.9 Å². The highest BCUT2D eigenvalue weighted by atomic mass is 32.2. The molecule has 1 aromatic heterocycles. The number of carbonyl (C=O) groups is 1. The summed E-state index contributed by atoms with van der Waals surface area (Å²) in [6.07, 6.45) is 2.85. The largest absolute Gasteiger partial charge is 0.493 e. The zero-order valence-electron chi connectivity index (χ0n) is 21.9. The van der Waals surface area contributed by atoms with Gasteiger partial charge >= 0.3 is 0 Å². The average molecular weight is 525 g/mol. The number of aryl methyl sites for hydroxylation is 1. The van der Waals surface area contributed by atoms with Crippen molar-refractivity contribution < 1.29 is 18.8 Å². The van der Waals surface area contributed by atoms with Gasteiger partial charge in [0.05, 0.1) is 26.7 Å². The molecule has 0 saturated carbocycles. The maximum atomic E-state index is 12.8. The fraction of sp³-hybridized carbons (Fsp3) is 0.464. The monoisotopic (exact) mass is 524 g/mol. The van der Waals surface area contributed by atoms with Crippen LogP contribution in [0.5, 0.6) is 11.5 Å². The van der Waals surface area contributed by atoms with Crippen molar-refractivity contribution in [3.63, 3.8) is 0 Å². The number of methoxy groups -OCH3 is 2. The molecular weight excluding hydrogens is 488 g/mol. The van der Waals surface area contributed by atoms with Gasteiger partial charge in [-0.15, -0.1) is 0 Å². The smallest absolute Gasteiger partial charge is 0.241 e. The Balaban J connectivity index is 1.19. The van der Waals surface area contributed by atoms with Crippen molar-refractivity contribution in [2.75, 3.05) is 39.6 Å². The van der Waals surface area contributed by atoms with E-state index in [2.05, 4.69) is 51.5 Å². The highest BCUT2D eigenvalue weighted by Gasteiger charge is 2.26. The minimum atomic E-state index is -0.0118. The van der Waals surface area contributed by atoms with Gasteiger partial charge in [-0.1, -0.05) is 35.0 Å². The molecule has 1 amide bonds. The third-order valence-corrected chi connectivity index (χ3v) is 7.61. The number of likely N-dealkylation sites (tertiary alicyclic amines) is 1. The fourth-order valence-corrected chi connectivity index (χ4v) is 5.34. The zero-order chi connectivity index (χ0) is 26.0. The molecule has 198 valence electrons. The highest BCUT2D eigenvalue weighted by molar-refractivity contribution is 7.98. The van der Waals surface area contributed by atoms with Gasteiger partial charge < -0.3 is 19.3 Å². The number of piperidine rings is 1. The van der Waals surface area contributed by atoms with Gasteiger partial charge in [-0.2, -0.15) is 16.7 Å². The average Bonchev–Trinajstić information content (AvgIpc) is 3.39. The van der Waals surface area contributed by atoms with Crippen molar-refractivity contribution >= 4 is 17.7 Å². The molecule has 1 saturated heterocycles. The molecule has 0 radical (unpaired) electrons. The lowest BCUT2D eigenvalue weighted by Gasteiger charge is -2.30. The molecule has 8 nitrogen and oxygen atoms in total. The third kappa shape index (κ3) is 7.72. The molecule has 0 aliphatic carbocycles. The van der Waals surface area contributed by atoms with Gasteiger partial charge in [-0.25, -0.2) is 0 Å². The van der Waals surface area contributed by atoms with Crippen LogP contribution in [0, 0.1) is 12.8 Å². The van der Waals surface area contributed by atoms with Gasteiger partial charge in [-0.05, 0) is 62.2 Å². The molecule has 37 heavy (non-hydrogen) atoms. The van der Waals surface area contributed by atoms with E-state index in [0.717, 1.165) is 42.9 Å². The summed E-state index contributed by atoms with van der Waals surface area (Å²) in [6.45, 7) is 4.96. The Morgan fingerprint density at radius 1 is 1.16 bits per heavy atom. The van der Waals surface area contributed by atoms with Crippen molar-refractivity contribution in [2.45, 2.75) is 38.5 Å². The number of benzene rings is 2. The van der Waals surface area contributed by atoms with Gasteiger partial charge in [0.2, 0.25) is 17.6 Å². The minimum Gasteiger partial charge on any atom is -0.493 e. The minimum absolute atomic E-state index is 0.0118. The number of nitrogens with zero attached hydrogens (tertiary/aromatic N) is 3. The van der Waals surface area contributed by atoms with Gasteiger partial charge in [0.15, 0.2) is 11.5 Å². The first-order chi connectivity index (χ1) is 18.1. The van der Waals surface area contributed by atoms with E-state index in [1.54, 1.807) is 14.2 Å². The summed E-state index contributed by atoms with van der Waals surface area (Å²) in [4.78, 5) is 19.5. The van der Waals surface area contributed by atoms with E-state index >= 15 is 0 Å². The van der Waals surface area contributed by atoms with Crippen LogP contribution in [-0.4, -0.2) is 60.6 Å². The number of aromatic nitrogens is 2. The Labute approximate surface area is 223 Å². The maximum absolute atomic E-state index is 12.8. The van der Waals surface area contributed by atoms with Gasteiger partial charge in [0, 0.05) is 24.4 Å². The Bertz CT molecular complexity index is 1150. The maximum Gasteiger partial charge on any atom is 0.241 e. The quantitative estimate of drug-likeness (QED) is 0.341. The Hall–Kier alpha value is -3.04. The Kier molecular flexibility index (Phi) is 9.85. The van der Waals surface area contributed by atoms with Crippen LogP contribution in [0.2, 0.25) is 0 Å². The van der Waals surface area contributed by atoms with Crippen LogP contribution in [0.25, 0.3) is 11.4 Å². The molecule has 9 heteroatoms. The van der Waals surface area contributed by atoms with E-state index in [1.807, 2.05) is 30.0 Å². The molecule has 1 N–H and O–H groups in total. The topological polar surface area (TPSA) is 89.7 Å². The second kappa shape index (κ2) is 13.5. The van der Waals surface area contributed by atoms with E-state index in [9.17, 15) is 4.79 Å². The second-order valence-corrected chi connectivity index (χ2v) is 10.4. The van der Waals surface area contributed by atoms with E-state index in [1.165, 1.54) is 11.1 Å². The van der Waals surface area contributed by atoms with Gasteiger partial charge in [-0.3, -0.25) is 9.69 Å². The summed E-state index contributed by atoms with van der Waals surface area (Å²) in [5.41, 5.74) is 3.42. The Morgan fingerprint density at radius 3 is 2.76 bits per heavy atom. The molecule has 0 spiro atoms. The van der Waals surface area contributed by atoms with Crippen molar-refractivity contribution in [3.05, 3.63) is 59.5 Å². The molecule has 3 aromatic rings. The SMILES string of the molecule is COc1ccc(-c2noc(CN3CCCC(C(=O)NCCCSCc4ccc(C)cc4)C3)n2)cc1OC. The number of carbonyl (C=O) groups excluding carboxylic acids is 1. The fourth-order valence-electron chi connectivity index (χ4n) is 4.42. The van der Waals surface area contributed by atoms with Crippen LogP contribution in [0.15, 0.2) is 47.0 Å². The van der Waals surface area contributed by atoms with E-state index in [4.69, 9.17) is 14.0 Å². The van der Waals surface area contributed by atoms with Crippen LogP contribution < -0.4 is 14.8 Å². The van der Waals surface area contributed by atoms with Crippen molar-refractivity contribution in [2.24, 2.45) is 5.92 Å². The normalized spacial score (nSPS) is 15.9. The van der Waals surface area contributed by atoms with E-state index < -0.39 is 0 Å². The number of nitrogens with one attached hydrogen (secondary N) is 1. The number of thioether (sulfide) groups is 1. The van der Waals surface area contributed by atoms with Crippen LogP contribution in [0.4, 0.5) is 0 Å². The second-order valence-electron chi connectivity index (χ2n) is 9.34. The van der Waals surface area contributed by atoms with Crippen LogP contribution in [0.1, 0.15) is 36.3 Å². The third-order valence-electron chi connectivity index (χ3n) is 6.50. The molecular formula is C28H36N4O4S. The van der Waals surface area contributed by atoms with E-state index in [-0.39, 0.29) is 11.8 Å². The predicted molar refractivity (Wildman–Crippen MR) is 146 cm³/mol. The Morgan fingerprint density at radius 2 is 1.97 bits per heavy atom. The van der Waals surface area contributed by atoms with Crippen LogP contribution >= 0.6 is 11.8 Å². The van der Waals surface area contributed by atoms with E-state index in [0.29, 0.717) is 42.8 Å². The number of rotatable bonds is 12. The van der Waals surface area contributed by atoms with Crippen molar-refractivity contribution in [1.82, 2.24) is 20.4 Å². The van der Waals surface area contributed by atoms with Crippen LogP contribution in [-0.2, 0) is 17.1 Å². The lowest BCUT2D eigenvalue weighted by molar-refractivity contribution is -0.126. The number of amides is 1. The molecule has 0 bridgehead atoms. The van der Waals surface area contributed by atoms with Gasteiger partial charge in [0.25, 0.3) is 0 Å². The summed E-state index contributed by atoms with van der Waals surface area (Å²) in [5, 5.41) is 7.27. The van der Waals surface area contributed by atoms with Crippen LogP contribution in [0.3, 0.4) is 0 Å². The van der Waals surface area contributed by atoms with Crippen molar-refractivity contribution in [1.29, 1.82) is 0 Å². The summed E-state index contributed by atoms with van der Waals surface area (Å²) in [6, 6.07) is 14.2. The summed E-state index contributed by atoms with van der Waals surface area (Å²) < 4.78 is 16.2.